The van der Waals surface area contributed by atoms with E-state index in [1.807, 2.05) is 0 Å². The maximum Gasteiger partial charge on any atom is 0.251 e. The highest BCUT2D eigenvalue weighted by Gasteiger charge is 2.45. The normalized spacial score (nSPS) is 18.1. The molecule has 0 saturated carbocycles. The zero-order valence-corrected chi connectivity index (χ0v) is 11.5. The van der Waals surface area contributed by atoms with Gasteiger partial charge >= 0.3 is 0 Å². The van der Waals surface area contributed by atoms with Gasteiger partial charge in [-0.1, -0.05) is 24.3 Å². The van der Waals surface area contributed by atoms with Gasteiger partial charge in [-0.3, -0.25) is 9.69 Å². The highest BCUT2D eigenvalue weighted by atomic mass is 32.2. The Morgan fingerprint density at radius 1 is 1.10 bits per heavy atom. The van der Waals surface area contributed by atoms with Gasteiger partial charge in [0.15, 0.2) is 15.1 Å². The van der Waals surface area contributed by atoms with Crippen molar-refractivity contribution < 1.29 is 13.2 Å². The van der Waals surface area contributed by atoms with Crippen molar-refractivity contribution in [2.24, 2.45) is 0 Å². The van der Waals surface area contributed by atoms with Crippen LogP contribution in [0.5, 0.6) is 0 Å². The third-order valence-electron chi connectivity index (χ3n) is 3.35. The lowest BCUT2D eigenvalue weighted by molar-refractivity contribution is -0.117. The number of amides is 1. The number of benzene rings is 1. The van der Waals surface area contributed by atoms with Gasteiger partial charge in [0, 0.05) is 18.8 Å². The van der Waals surface area contributed by atoms with E-state index in [0.717, 1.165) is 0 Å². The fraction of sp³-hybridized carbons (Fsp3) is 0.143. The molecule has 1 atom stereocenters. The molecule has 1 amide bonds. The number of fused-ring (bicyclic) bond motifs is 1. The monoisotopic (exact) mass is 288 g/mol. The number of sulfone groups is 1. The molecule has 0 fully saturated rings. The molecule has 1 aliphatic rings. The summed E-state index contributed by atoms with van der Waals surface area (Å²) in [5, 5.41) is -1.21. The smallest absolute Gasteiger partial charge is 0.251 e. The van der Waals surface area contributed by atoms with Crippen LogP contribution in [-0.4, -0.2) is 26.4 Å². The van der Waals surface area contributed by atoms with Gasteiger partial charge < -0.3 is 0 Å². The molecule has 1 aromatic carbocycles. The number of hydrogen-bond donors (Lipinski definition) is 0. The van der Waals surface area contributed by atoms with Gasteiger partial charge in [-0.2, -0.15) is 0 Å². The van der Waals surface area contributed by atoms with Crippen LogP contribution in [0.2, 0.25) is 0 Å². The molecule has 6 heteroatoms. The van der Waals surface area contributed by atoms with E-state index in [0.29, 0.717) is 11.4 Å². The molecule has 0 N–H and O–H groups in total. The largest absolute Gasteiger partial charge is 0.298 e. The number of rotatable bonds is 2. The van der Waals surface area contributed by atoms with E-state index in [9.17, 15) is 13.2 Å². The number of anilines is 1. The van der Waals surface area contributed by atoms with Gasteiger partial charge in [-0.15, -0.1) is 0 Å². The molecule has 1 aromatic heterocycles. The van der Waals surface area contributed by atoms with E-state index < -0.39 is 21.0 Å². The lowest BCUT2D eigenvalue weighted by Crippen LogP contribution is -2.28. The SMILES string of the molecule is CN1C(=O)[C@H](S(=O)(=O)c2ccccc2)c2cccnc21. The fourth-order valence-corrected chi connectivity index (χ4v) is 4.10. The second-order valence-electron chi connectivity index (χ2n) is 4.55. The van der Waals surface area contributed by atoms with Crippen molar-refractivity contribution in [1.29, 1.82) is 0 Å². The maximum absolute atomic E-state index is 12.7. The standard InChI is InChI=1S/C14H12N2O3S/c1-16-13-11(8-5-9-15-13)12(14(16)17)20(18,19)10-6-3-2-4-7-10/h2-9,12H,1H3/t12-/m1/s1. The Morgan fingerprint density at radius 2 is 1.80 bits per heavy atom. The first-order valence-corrected chi connectivity index (χ1v) is 7.59. The zero-order chi connectivity index (χ0) is 14.3. The predicted octanol–water partition coefficient (Wildman–Crippen LogP) is 1.57. The molecule has 0 radical (unpaired) electrons. The summed E-state index contributed by atoms with van der Waals surface area (Å²) in [6, 6.07) is 11.3. The molecule has 1 aliphatic heterocycles. The Bertz CT molecular complexity index is 772. The topological polar surface area (TPSA) is 67.3 Å². The van der Waals surface area contributed by atoms with Crippen LogP contribution in [0.1, 0.15) is 10.8 Å². The van der Waals surface area contributed by atoms with E-state index in [-0.39, 0.29) is 4.90 Å². The van der Waals surface area contributed by atoms with Gasteiger partial charge in [-0.05, 0) is 18.2 Å². The van der Waals surface area contributed by atoms with Crippen LogP contribution in [0.15, 0.2) is 53.6 Å². The molecule has 0 bridgehead atoms. The van der Waals surface area contributed by atoms with Crippen LogP contribution >= 0.6 is 0 Å². The van der Waals surface area contributed by atoms with Crippen molar-refractivity contribution in [1.82, 2.24) is 4.98 Å². The average Bonchev–Trinajstić information content (AvgIpc) is 2.73. The summed E-state index contributed by atoms with van der Waals surface area (Å²) in [6.45, 7) is 0. The Balaban J connectivity index is 2.19. The first-order chi connectivity index (χ1) is 9.53. The maximum atomic E-state index is 12.7. The number of carbonyl (C=O) groups excluding carboxylic acids is 1. The quantitative estimate of drug-likeness (QED) is 0.841. The second-order valence-corrected chi connectivity index (χ2v) is 6.58. The summed E-state index contributed by atoms with van der Waals surface area (Å²) >= 11 is 0. The van der Waals surface area contributed by atoms with Gasteiger partial charge in [0.2, 0.25) is 0 Å². The summed E-state index contributed by atoms with van der Waals surface area (Å²) < 4.78 is 25.4. The Hall–Kier alpha value is -2.21. The molecule has 102 valence electrons. The lowest BCUT2D eigenvalue weighted by atomic mass is 10.2. The van der Waals surface area contributed by atoms with Crippen LogP contribution in [0.3, 0.4) is 0 Å². The minimum Gasteiger partial charge on any atom is -0.298 e. The van der Waals surface area contributed by atoms with Gasteiger partial charge in [0.05, 0.1) is 4.90 Å². The summed E-state index contributed by atoms with van der Waals surface area (Å²) in [4.78, 5) is 17.8. The summed E-state index contributed by atoms with van der Waals surface area (Å²) in [7, 11) is -2.23. The predicted molar refractivity (Wildman–Crippen MR) is 74.0 cm³/mol. The number of aromatic nitrogens is 1. The Morgan fingerprint density at radius 3 is 2.50 bits per heavy atom. The Labute approximate surface area is 116 Å². The molecule has 0 saturated heterocycles. The second kappa shape index (κ2) is 4.42. The lowest BCUT2D eigenvalue weighted by Gasteiger charge is -2.11. The number of pyridine rings is 1. The zero-order valence-electron chi connectivity index (χ0n) is 10.7. The Kier molecular flexibility index (Phi) is 2.83. The van der Waals surface area contributed by atoms with Gasteiger partial charge in [-0.25, -0.2) is 13.4 Å². The highest BCUT2D eigenvalue weighted by Crippen LogP contribution is 2.40. The molecule has 2 aromatic rings. The third kappa shape index (κ3) is 1.72. The van der Waals surface area contributed by atoms with Crippen LogP contribution in [0, 0.1) is 0 Å². The van der Waals surface area contributed by atoms with Crippen LogP contribution in [-0.2, 0) is 14.6 Å². The van der Waals surface area contributed by atoms with Crippen LogP contribution in [0.4, 0.5) is 5.82 Å². The molecule has 0 aliphatic carbocycles. The van der Waals surface area contributed by atoms with Crippen LogP contribution < -0.4 is 4.90 Å². The summed E-state index contributed by atoms with van der Waals surface area (Å²) in [5.74, 6) is -0.0652. The van der Waals surface area contributed by atoms with Gasteiger partial charge in [0.1, 0.15) is 5.82 Å². The van der Waals surface area contributed by atoms with Crippen molar-refractivity contribution >= 4 is 21.6 Å². The van der Waals surface area contributed by atoms with E-state index in [2.05, 4.69) is 4.98 Å². The van der Waals surface area contributed by atoms with Crippen molar-refractivity contribution in [3.05, 3.63) is 54.2 Å². The average molecular weight is 288 g/mol. The minimum atomic E-state index is -3.77. The van der Waals surface area contributed by atoms with E-state index >= 15 is 0 Å². The first-order valence-electron chi connectivity index (χ1n) is 6.05. The minimum absolute atomic E-state index is 0.142. The first kappa shape index (κ1) is 12.8. The van der Waals surface area contributed by atoms with E-state index in [4.69, 9.17) is 0 Å². The molecule has 20 heavy (non-hydrogen) atoms. The number of nitrogens with zero attached hydrogens (tertiary/aromatic N) is 2. The number of carbonyl (C=O) groups is 1. The van der Waals surface area contributed by atoms with Crippen molar-refractivity contribution in [3.63, 3.8) is 0 Å². The molecule has 5 nitrogen and oxygen atoms in total. The van der Waals surface area contributed by atoms with E-state index in [1.165, 1.54) is 24.1 Å². The number of hydrogen-bond acceptors (Lipinski definition) is 4. The molecular weight excluding hydrogens is 276 g/mol. The fourth-order valence-electron chi connectivity index (χ4n) is 2.35. The molecule has 0 unspecified atom stereocenters. The molecular formula is C14H12N2O3S. The molecule has 0 spiro atoms. The van der Waals surface area contributed by atoms with E-state index in [1.54, 1.807) is 36.5 Å². The van der Waals surface area contributed by atoms with Crippen LogP contribution in [0.25, 0.3) is 0 Å². The van der Waals surface area contributed by atoms with Crippen molar-refractivity contribution in [2.75, 3.05) is 11.9 Å². The van der Waals surface area contributed by atoms with Gasteiger partial charge in [0.25, 0.3) is 5.91 Å². The summed E-state index contributed by atoms with van der Waals surface area (Å²) in [6.07, 6.45) is 1.54. The van der Waals surface area contributed by atoms with Crippen molar-refractivity contribution in [2.45, 2.75) is 10.1 Å². The highest BCUT2D eigenvalue weighted by molar-refractivity contribution is 7.92. The summed E-state index contributed by atoms with van der Waals surface area (Å²) in [5.41, 5.74) is 0.434. The molecule has 3 rings (SSSR count). The third-order valence-corrected chi connectivity index (χ3v) is 5.36. The number of likely N-dealkylation sites (N-methyl/N-ethyl adjacent to an activating group) is 1. The van der Waals surface area contributed by atoms with Crippen molar-refractivity contribution in [3.8, 4) is 0 Å². The molecule has 2 heterocycles.